The molecular formula is C11H13FN2. The fourth-order valence-corrected chi connectivity index (χ4v) is 1.24. The highest BCUT2D eigenvalue weighted by Gasteiger charge is 2.08. The summed E-state index contributed by atoms with van der Waals surface area (Å²) in [5.74, 6) is 2.20. The van der Waals surface area contributed by atoms with E-state index in [0.717, 1.165) is 5.56 Å². The third-order valence-electron chi connectivity index (χ3n) is 1.94. The molecule has 0 saturated heterocycles. The number of hydrogen-bond donors (Lipinski definition) is 2. The van der Waals surface area contributed by atoms with Gasteiger partial charge in [0.15, 0.2) is 0 Å². The van der Waals surface area contributed by atoms with E-state index in [-0.39, 0.29) is 11.9 Å². The number of nitrogens with two attached hydrogens (primary N) is 1. The Morgan fingerprint density at radius 1 is 1.57 bits per heavy atom. The zero-order valence-corrected chi connectivity index (χ0v) is 7.83. The van der Waals surface area contributed by atoms with Crippen molar-refractivity contribution in [2.75, 3.05) is 13.1 Å². The quantitative estimate of drug-likeness (QED) is 0.700. The summed E-state index contributed by atoms with van der Waals surface area (Å²) in [6.07, 6.45) is 5.11. The molecule has 0 aliphatic carbocycles. The van der Waals surface area contributed by atoms with Crippen LogP contribution in [0.5, 0.6) is 0 Å². The first-order chi connectivity index (χ1) is 6.77. The van der Waals surface area contributed by atoms with E-state index < -0.39 is 0 Å². The van der Waals surface area contributed by atoms with Gasteiger partial charge in [-0.25, -0.2) is 4.39 Å². The van der Waals surface area contributed by atoms with Crippen LogP contribution in [-0.2, 0) is 0 Å². The van der Waals surface area contributed by atoms with Gasteiger partial charge in [-0.3, -0.25) is 5.32 Å². The molecule has 14 heavy (non-hydrogen) atoms. The van der Waals surface area contributed by atoms with Gasteiger partial charge in [0.1, 0.15) is 5.82 Å². The molecular weight excluding hydrogens is 179 g/mol. The van der Waals surface area contributed by atoms with E-state index in [1.807, 2.05) is 6.07 Å². The summed E-state index contributed by atoms with van der Waals surface area (Å²) in [7, 11) is 0. The molecule has 0 saturated carbocycles. The van der Waals surface area contributed by atoms with Crippen molar-refractivity contribution in [1.82, 2.24) is 5.32 Å². The molecule has 0 radical (unpaired) electrons. The van der Waals surface area contributed by atoms with Crippen molar-refractivity contribution in [3.8, 4) is 12.3 Å². The molecule has 3 heteroatoms. The molecule has 0 aliphatic rings. The Morgan fingerprint density at radius 2 is 2.36 bits per heavy atom. The van der Waals surface area contributed by atoms with E-state index in [0.29, 0.717) is 13.1 Å². The highest BCUT2D eigenvalue weighted by atomic mass is 19.1. The van der Waals surface area contributed by atoms with Gasteiger partial charge in [-0.05, 0) is 17.7 Å². The van der Waals surface area contributed by atoms with Crippen LogP contribution in [0.15, 0.2) is 24.3 Å². The largest absolute Gasteiger partial charge is 0.329 e. The van der Waals surface area contributed by atoms with Gasteiger partial charge in [0.2, 0.25) is 0 Å². The summed E-state index contributed by atoms with van der Waals surface area (Å²) in [5.41, 5.74) is 6.36. The second-order valence-electron chi connectivity index (χ2n) is 2.93. The second-order valence-corrected chi connectivity index (χ2v) is 2.93. The fraction of sp³-hybridized carbons (Fsp3) is 0.273. The molecule has 0 heterocycles. The maximum absolute atomic E-state index is 12.9. The van der Waals surface area contributed by atoms with E-state index in [2.05, 4.69) is 11.2 Å². The number of rotatable bonds is 4. The lowest BCUT2D eigenvalue weighted by molar-refractivity contribution is 0.570. The van der Waals surface area contributed by atoms with Crippen LogP contribution < -0.4 is 11.1 Å². The monoisotopic (exact) mass is 192 g/mol. The zero-order chi connectivity index (χ0) is 10.4. The van der Waals surface area contributed by atoms with E-state index >= 15 is 0 Å². The zero-order valence-electron chi connectivity index (χ0n) is 7.83. The van der Waals surface area contributed by atoms with Gasteiger partial charge in [-0.1, -0.05) is 18.1 Å². The average molecular weight is 192 g/mol. The van der Waals surface area contributed by atoms with Crippen molar-refractivity contribution in [2.45, 2.75) is 6.04 Å². The lowest BCUT2D eigenvalue weighted by Crippen LogP contribution is -2.28. The standard InChI is InChI=1S/C11H13FN2/c1-2-6-14-11(8-13)9-4-3-5-10(12)7-9/h1,3-5,7,11,14H,6,8,13H2. The molecule has 1 aromatic rings. The molecule has 0 aliphatic heterocycles. The summed E-state index contributed by atoms with van der Waals surface area (Å²) in [4.78, 5) is 0. The normalized spacial score (nSPS) is 12.1. The second kappa shape index (κ2) is 5.38. The van der Waals surface area contributed by atoms with Crippen molar-refractivity contribution >= 4 is 0 Å². The SMILES string of the molecule is C#CCNC(CN)c1cccc(F)c1. The Balaban J connectivity index is 2.74. The predicted octanol–water partition coefficient (Wildman–Crippen LogP) is 1.05. The Morgan fingerprint density at radius 3 is 2.93 bits per heavy atom. The first-order valence-corrected chi connectivity index (χ1v) is 4.40. The summed E-state index contributed by atoms with van der Waals surface area (Å²) < 4.78 is 12.9. The van der Waals surface area contributed by atoms with Crippen LogP contribution in [0.25, 0.3) is 0 Å². The molecule has 1 rings (SSSR count). The Kier molecular flexibility index (Phi) is 4.11. The molecule has 0 amide bonds. The molecule has 2 nitrogen and oxygen atoms in total. The Labute approximate surface area is 83.3 Å². The van der Waals surface area contributed by atoms with Gasteiger partial charge in [0, 0.05) is 12.6 Å². The number of nitrogens with one attached hydrogen (secondary N) is 1. The third-order valence-corrected chi connectivity index (χ3v) is 1.94. The lowest BCUT2D eigenvalue weighted by Gasteiger charge is -2.15. The summed E-state index contributed by atoms with van der Waals surface area (Å²) >= 11 is 0. The molecule has 0 fully saturated rings. The number of terminal acetylenes is 1. The van der Waals surface area contributed by atoms with Crippen molar-refractivity contribution in [3.63, 3.8) is 0 Å². The van der Waals surface area contributed by atoms with Gasteiger partial charge in [0.25, 0.3) is 0 Å². The summed E-state index contributed by atoms with van der Waals surface area (Å²) in [6.45, 7) is 0.823. The third kappa shape index (κ3) is 2.84. The summed E-state index contributed by atoms with van der Waals surface area (Å²) in [6, 6.07) is 6.26. The average Bonchev–Trinajstić information content (AvgIpc) is 2.19. The van der Waals surface area contributed by atoms with Crippen LogP contribution in [0.2, 0.25) is 0 Å². The van der Waals surface area contributed by atoms with Gasteiger partial charge in [0.05, 0.1) is 6.54 Å². The van der Waals surface area contributed by atoms with Gasteiger partial charge >= 0.3 is 0 Å². The van der Waals surface area contributed by atoms with Crippen molar-refractivity contribution in [1.29, 1.82) is 0 Å². The minimum absolute atomic E-state index is 0.0817. The lowest BCUT2D eigenvalue weighted by atomic mass is 10.1. The Hall–Kier alpha value is -1.37. The highest BCUT2D eigenvalue weighted by Crippen LogP contribution is 2.12. The van der Waals surface area contributed by atoms with E-state index in [1.165, 1.54) is 12.1 Å². The van der Waals surface area contributed by atoms with Crippen LogP contribution in [0, 0.1) is 18.2 Å². The van der Waals surface area contributed by atoms with Crippen molar-refractivity contribution in [2.24, 2.45) is 5.73 Å². The first-order valence-electron chi connectivity index (χ1n) is 4.40. The molecule has 1 aromatic carbocycles. The topological polar surface area (TPSA) is 38.0 Å². The van der Waals surface area contributed by atoms with Crippen molar-refractivity contribution < 1.29 is 4.39 Å². The highest BCUT2D eigenvalue weighted by molar-refractivity contribution is 5.20. The maximum Gasteiger partial charge on any atom is 0.123 e. The smallest absolute Gasteiger partial charge is 0.123 e. The number of benzene rings is 1. The van der Waals surface area contributed by atoms with Crippen LogP contribution >= 0.6 is 0 Å². The Bertz CT molecular complexity index is 330. The molecule has 1 atom stereocenters. The predicted molar refractivity (Wildman–Crippen MR) is 55.0 cm³/mol. The van der Waals surface area contributed by atoms with Crippen LogP contribution in [0.3, 0.4) is 0 Å². The maximum atomic E-state index is 12.9. The number of hydrogen-bond acceptors (Lipinski definition) is 2. The molecule has 0 spiro atoms. The van der Waals surface area contributed by atoms with E-state index in [1.54, 1.807) is 6.07 Å². The van der Waals surface area contributed by atoms with Gasteiger partial charge in [-0.2, -0.15) is 0 Å². The van der Waals surface area contributed by atoms with Crippen LogP contribution in [-0.4, -0.2) is 13.1 Å². The first kappa shape index (κ1) is 10.7. The minimum Gasteiger partial charge on any atom is -0.329 e. The number of halogens is 1. The van der Waals surface area contributed by atoms with E-state index in [9.17, 15) is 4.39 Å². The van der Waals surface area contributed by atoms with Gasteiger partial charge < -0.3 is 5.73 Å². The molecule has 0 aromatic heterocycles. The summed E-state index contributed by atoms with van der Waals surface area (Å²) in [5, 5.41) is 3.03. The van der Waals surface area contributed by atoms with E-state index in [4.69, 9.17) is 12.2 Å². The molecule has 3 N–H and O–H groups in total. The molecule has 74 valence electrons. The fourth-order valence-electron chi connectivity index (χ4n) is 1.24. The van der Waals surface area contributed by atoms with Crippen LogP contribution in [0.1, 0.15) is 11.6 Å². The minimum atomic E-state index is -0.261. The van der Waals surface area contributed by atoms with Crippen molar-refractivity contribution in [3.05, 3.63) is 35.6 Å². The molecule has 1 unspecified atom stereocenters. The van der Waals surface area contributed by atoms with Gasteiger partial charge in [-0.15, -0.1) is 6.42 Å². The molecule has 0 bridgehead atoms. The van der Waals surface area contributed by atoms with Crippen LogP contribution in [0.4, 0.5) is 4.39 Å².